The highest BCUT2D eigenvalue weighted by molar-refractivity contribution is 8.13. The van der Waals surface area contributed by atoms with Crippen LogP contribution < -0.4 is 5.32 Å². The number of imide groups is 1. The molecule has 5 nitrogen and oxygen atoms in total. The van der Waals surface area contributed by atoms with Gasteiger partial charge in [-0.1, -0.05) is 17.8 Å². The summed E-state index contributed by atoms with van der Waals surface area (Å²) in [5.41, 5.74) is 0.862. The fourth-order valence-electron chi connectivity index (χ4n) is 1.68. The van der Waals surface area contributed by atoms with Gasteiger partial charge in [-0.25, -0.2) is 4.98 Å². The number of carbonyl (C=O) groups is 2. The van der Waals surface area contributed by atoms with E-state index in [2.05, 4.69) is 10.3 Å². The lowest BCUT2D eigenvalue weighted by Gasteiger charge is -2.23. The second-order valence-electron chi connectivity index (χ2n) is 3.93. The van der Waals surface area contributed by atoms with Crippen molar-refractivity contribution in [1.29, 1.82) is 0 Å². The van der Waals surface area contributed by atoms with Gasteiger partial charge in [0.15, 0.2) is 0 Å². The summed E-state index contributed by atoms with van der Waals surface area (Å²) in [7, 11) is 0. The van der Waals surface area contributed by atoms with Crippen LogP contribution in [0.15, 0.2) is 18.3 Å². The SMILES string of the molecule is CCNc1ccc(CN2C(=O)CCSC2=O)cn1. The number of rotatable bonds is 4. The van der Waals surface area contributed by atoms with Gasteiger partial charge in [0.25, 0.3) is 5.24 Å². The van der Waals surface area contributed by atoms with Crippen LogP contribution in [0.4, 0.5) is 10.6 Å². The van der Waals surface area contributed by atoms with Crippen molar-refractivity contribution in [3.63, 3.8) is 0 Å². The van der Waals surface area contributed by atoms with Crippen LogP contribution >= 0.6 is 11.8 Å². The zero-order chi connectivity index (χ0) is 13.0. The number of nitrogens with one attached hydrogen (secondary N) is 1. The standard InChI is InChI=1S/C12H15N3O2S/c1-2-13-10-4-3-9(7-14-10)8-15-11(16)5-6-18-12(15)17/h3-4,7H,2,5-6,8H2,1H3,(H,13,14). The average Bonchev–Trinajstić information content (AvgIpc) is 2.36. The Morgan fingerprint density at radius 1 is 1.44 bits per heavy atom. The summed E-state index contributed by atoms with van der Waals surface area (Å²) in [4.78, 5) is 28.8. The molecule has 6 heteroatoms. The van der Waals surface area contributed by atoms with Crippen LogP contribution in [0.1, 0.15) is 18.9 Å². The number of hydrogen-bond donors (Lipinski definition) is 1. The van der Waals surface area contributed by atoms with E-state index in [-0.39, 0.29) is 11.1 Å². The normalized spacial score (nSPS) is 15.9. The van der Waals surface area contributed by atoms with E-state index in [1.165, 1.54) is 16.7 Å². The minimum atomic E-state index is -0.165. The molecule has 1 saturated heterocycles. The summed E-state index contributed by atoms with van der Waals surface area (Å²) in [5, 5.41) is 2.93. The van der Waals surface area contributed by atoms with Crippen molar-refractivity contribution in [3.05, 3.63) is 23.9 Å². The van der Waals surface area contributed by atoms with Gasteiger partial charge in [0.1, 0.15) is 5.82 Å². The van der Waals surface area contributed by atoms with Gasteiger partial charge in [0.05, 0.1) is 6.54 Å². The predicted octanol–water partition coefficient (Wildman–Crippen LogP) is 2.10. The number of carbonyl (C=O) groups excluding carboxylic acids is 2. The van der Waals surface area contributed by atoms with Crippen LogP contribution in [0.5, 0.6) is 0 Å². The fraction of sp³-hybridized carbons (Fsp3) is 0.417. The molecular weight excluding hydrogens is 250 g/mol. The van der Waals surface area contributed by atoms with Crippen molar-refractivity contribution in [2.24, 2.45) is 0 Å². The third-order valence-corrected chi connectivity index (χ3v) is 3.46. The Balaban J connectivity index is 2.03. The van der Waals surface area contributed by atoms with Gasteiger partial charge in [-0.05, 0) is 18.6 Å². The van der Waals surface area contributed by atoms with E-state index in [9.17, 15) is 9.59 Å². The number of aromatic nitrogens is 1. The molecule has 2 amide bonds. The quantitative estimate of drug-likeness (QED) is 0.903. The van der Waals surface area contributed by atoms with Crippen LogP contribution in [0.2, 0.25) is 0 Å². The maximum atomic E-state index is 11.6. The van der Waals surface area contributed by atoms with Crippen molar-refractivity contribution in [2.45, 2.75) is 19.9 Å². The Labute approximate surface area is 110 Å². The van der Waals surface area contributed by atoms with Crippen LogP contribution in [0, 0.1) is 0 Å². The summed E-state index contributed by atoms with van der Waals surface area (Å²) in [5.74, 6) is 1.28. The maximum absolute atomic E-state index is 11.6. The smallest absolute Gasteiger partial charge is 0.288 e. The molecule has 1 fully saturated rings. The summed E-state index contributed by atoms with van der Waals surface area (Å²) < 4.78 is 0. The van der Waals surface area contributed by atoms with E-state index in [0.29, 0.717) is 18.7 Å². The minimum Gasteiger partial charge on any atom is -0.370 e. The van der Waals surface area contributed by atoms with Crippen molar-refractivity contribution >= 4 is 28.7 Å². The molecule has 1 aliphatic rings. The van der Waals surface area contributed by atoms with Gasteiger partial charge in [-0.15, -0.1) is 0 Å². The molecule has 96 valence electrons. The van der Waals surface area contributed by atoms with E-state index in [0.717, 1.165) is 17.9 Å². The largest absolute Gasteiger partial charge is 0.370 e. The molecule has 0 aromatic carbocycles. The molecule has 0 spiro atoms. The van der Waals surface area contributed by atoms with Crippen molar-refractivity contribution in [1.82, 2.24) is 9.88 Å². The van der Waals surface area contributed by atoms with Gasteiger partial charge < -0.3 is 5.32 Å². The van der Waals surface area contributed by atoms with E-state index < -0.39 is 0 Å². The van der Waals surface area contributed by atoms with Crippen molar-refractivity contribution in [2.75, 3.05) is 17.6 Å². The van der Waals surface area contributed by atoms with Crippen LogP contribution in [0.25, 0.3) is 0 Å². The number of hydrogen-bond acceptors (Lipinski definition) is 5. The van der Waals surface area contributed by atoms with Crippen molar-refractivity contribution in [3.8, 4) is 0 Å². The monoisotopic (exact) mass is 265 g/mol. The third-order valence-electron chi connectivity index (χ3n) is 2.59. The van der Waals surface area contributed by atoms with Gasteiger partial charge in [0, 0.05) is 24.9 Å². The fourth-order valence-corrected chi connectivity index (χ4v) is 2.45. The molecule has 0 unspecified atom stereocenters. The first kappa shape index (κ1) is 12.9. The lowest BCUT2D eigenvalue weighted by Crippen LogP contribution is -2.37. The summed E-state index contributed by atoms with van der Waals surface area (Å²) in [6, 6.07) is 3.73. The zero-order valence-corrected chi connectivity index (χ0v) is 11.0. The first-order valence-corrected chi connectivity index (χ1v) is 6.85. The highest BCUT2D eigenvalue weighted by Crippen LogP contribution is 2.20. The Kier molecular flexibility index (Phi) is 4.19. The Morgan fingerprint density at radius 2 is 2.28 bits per heavy atom. The molecule has 1 aromatic heterocycles. The number of pyridine rings is 1. The van der Waals surface area contributed by atoms with Crippen LogP contribution in [-0.4, -0.2) is 33.3 Å². The average molecular weight is 265 g/mol. The van der Waals surface area contributed by atoms with Gasteiger partial charge in [0.2, 0.25) is 5.91 Å². The minimum absolute atomic E-state index is 0.102. The lowest BCUT2D eigenvalue weighted by molar-refractivity contribution is -0.128. The summed E-state index contributed by atoms with van der Waals surface area (Å²) in [6.07, 6.45) is 2.12. The van der Waals surface area contributed by atoms with Crippen LogP contribution in [-0.2, 0) is 11.3 Å². The molecule has 18 heavy (non-hydrogen) atoms. The second kappa shape index (κ2) is 5.86. The van der Waals surface area contributed by atoms with E-state index >= 15 is 0 Å². The topological polar surface area (TPSA) is 62.3 Å². The molecule has 1 N–H and O–H groups in total. The van der Waals surface area contributed by atoms with Gasteiger partial charge in [-0.3, -0.25) is 14.5 Å². The second-order valence-corrected chi connectivity index (χ2v) is 4.97. The summed E-state index contributed by atoms with van der Waals surface area (Å²) >= 11 is 1.19. The summed E-state index contributed by atoms with van der Waals surface area (Å²) in [6.45, 7) is 3.12. The Bertz CT molecular complexity index is 431. The maximum Gasteiger partial charge on any atom is 0.288 e. The number of thioether (sulfide) groups is 1. The first-order valence-electron chi connectivity index (χ1n) is 5.86. The van der Waals surface area contributed by atoms with E-state index in [1.54, 1.807) is 6.20 Å². The molecule has 0 radical (unpaired) electrons. The molecular formula is C12H15N3O2S. The predicted molar refractivity (Wildman–Crippen MR) is 71.4 cm³/mol. The molecule has 0 saturated carbocycles. The zero-order valence-electron chi connectivity index (χ0n) is 10.2. The Hall–Kier alpha value is -1.56. The molecule has 1 aromatic rings. The van der Waals surface area contributed by atoms with Gasteiger partial charge >= 0.3 is 0 Å². The van der Waals surface area contributed by atoms with E-state index in [4.69, 9.17) is 0 Å². The lowest BCUT2D eigenvalue weighted by atomic mass is 10.2. The van der Waals surface area contributed by atoms with Crippen LogP contribution in [0.3, 0.4) is 0 Å². The molecule has 0 aliphatic carbocycles. The van der Waals surface area contributed by atoms with Crippen molar-refractivity contribution < 1.29 is 9.59 Å². The highest BCUT2D eigenvalue weighted by atomic mass is 32.2. The van der Waals surface area contributed by atoms with E-state index in [1.807, 2.05) is 19.1 Å². The molecule has 0 bridgehead atoms. The first-order chi connectivity index (χ1) is 8.70. The number of anilines is 1. The molecule has 2 heterocycles. The molecule has 0 atom stereocenters. The van der Waals surface area contributed by atoms with Gasteiger partial charge in [-0.2, -0.15) is 0 Å². The third kappa shape index (κ3) is 3.01. The molecule has 2 rings (SSSR count). The Morgan fingerprint density at radius 3 is 2.89 bits per heavy atom. The number of nitrogens with zero attached hydrogens (tertiary/aromatic N) is 2. The highest BCUT2D eigenvalue weighted by Gasteiger charge is 2.26. The number of amides is 2. The molecule has 1 aliphatic heterocycles.